The summed E-state index contributed by atoms with van der Waals surface area (Å²) in [7, 11) is 0. The third kappa shape index (κ3) is 4.81. The third-order valence-corrected chi connectivity index (χ3v) is 3.05. The number of hydrogen-bond acceptors (Lipinski definition) is 3. The molecule has 3 heteroatoms. The lowest BCUT2D eigenvalue weighted by Crippen LogP contribution is -2.34. The standard InChI is InChI=1S/C12H19N3/c13-8-4-5-11(9-14)10-15-12-6-2-1-3-7-12/h11-12,15H,1-7,10H2. The highest BCUT2D eigenvalue weighted by atomic mass is 14.9. The SMILES string of the molecule is N#CCCC(C#N)CNC1CCCCC1. The summed E-state index contributed by atoms with van der Waals surface area (Å²) in [4.78, 5) is 0. The fourth-order valence-electron chi connectivity index (χ4n) is 2.07. The third-order valence-electron chi connectivity index (χ3n) is 3.05. The maximum atomic E-state index is 8.88. The lowest BCUT2D eigenvalue weighted by Gasteiger charge is -2.23. The highest BCUT2D eigenvalue weighted by Crippen LogP contribution is 2.17. The van der Waals surface area contributed by atoms with Crippen molar-refractivity contribution in [2.45, 2.75) is 51.0 Å². The molecule has 1 rings (SSSR count). The van der Waals surface area contributed by atoms with Crippen molar-refractivity contribution in [1.29, 1.82) is 10.5 Å². The molecule has 0 aromatic heterocycles. The van der Waals surface area contributed by atoms with E-state index in [1.807, 2.05) is 0 Å². The molecule has 0 saturated heterocycles. The molecule has 1 saturated carbocycles. The van der Waals surface area contributed by atoms with Crippen molar-refractivity contribution in [3.05, 3.63) is 0 Å². The van der Waals surface area contributed by atoms with Crippen molar-refractivity contribution >= 4 is 0 Å². The topological polar surface area (TPSA) is 59.6 Å². The Labute approximate surface area is 92.1 Å². The molecule has 1 unspecified atom stereocenters. The van der Waals surface area contributed by atoms with E-state index in [9.17, 15) is 0 Å². The smallest absolute Gasteiger partial charge is 0.0669 e. The molecular formula is C12H19N3. The molecule has 0 amide bonds. The van der Waals surface area contributed by atoms with Crippen LogP contribution in [0.4, 0.5) is 0 Å². The lowest BCUT2D eigenvalue weighted by molar-refractivity contribution is 0.358. The number of nitriles is 2. The first-order valence-corrected chi connectivity index (χ1v) is 5.86. The molecule has 0 spiro atoms. The molecular weight excluding hydrogens is 186 g/mol. The van der Waals surface area contributed by atoms with Gasteiger partial charge in [-0.05, 0) is 19.3 Å². The molecule has 1 aliphatic rings. The van der Waals surface area contributed by atoms with E-state index in [2.05, 4.69) is 17.5 Å². The quantitative estimate of drug-likeness (QED) is 0.749. The lowest BCUT2D eigenvalue weighted by atomic mass is 9.95. The van der Waals surface area contributed by atoms with Crippen molar-refractivity contribution in [3.63, 3.8) is 0 Å². The second kappa shape index (κ2) is 7.26. The predicted octanol–water partition coefficient (Wildman–Crippen LogP) is 2.35. The van der Waals surface area contributed by atoms with Crippen molar-refractivity contribution < 1.29 is 0 Å². The summed E-state index contributed by atoms with van der Waals surface area (Å²) in [6, 6.07) is 4.96. The second-order valence-corrected chi connectivity index (χ2v) is 4.27. The molecule has 15 heavy (non-hydrogen) atoms. The fourth-order valence-corrected chi connectivity index (χ4v) is 2.07. The second-order valence-electron chi connectivity index (χ2n) is 4.27. The Hall–Kier alpha value is -1.06. The zero-order valence-electron chi connectivity index (χ0n) is 9.21. The van der Waals surface area contributed by atoms with E-state index in [1.165, 1.54) is 32.1 Å². The van der Waals surface area contributed by atoms with Crippen molar-refractivity contribution in [2.75, 3.05) is 6.54 Å². The Bertz CT molecular complexity index is 243. The molecule has 0 radical (unpaired) electrons. The van der Waals surface area contributed by atoms with Gasteiger partial charge in [-0.15, -0.1) is 0 Å². The maximum Gasteiger partial charge on any atom is 0.0669 e. The summed E-state index contributed by atoms with van der Waals surface area (Å²) in [5.74, 6) is 0.00609. The number of nitrogens with zero attached hydrogens (tertiary/aromatic N) is 2. The first-order valence-electron chi connectivity index (χ1n) is 5.86. The van der Waals surface area contributed by atoms with Crippen LogP contribution < -0.4 is 5.32 Å². The van der Waals surface area contributed by atoms with Crippen molar-refractivity contribution in [1.82, 2.24) is 5.32 Å². The molecule has 82 valence electrons. The zero-order chi connectivity index (χ0) is 10.9. The van der Waals surface area contributed by atoms with Crippen LogP contribution in [-0.4, -0.2) is 12.6 Å². The summed E-state index contributed by atoms with van der Waals surface area (Å²) in [5.41, 5.74) is 0. The molecule has 1 atom stereocenters. The van der Waals surface area contributed by atoms with Gasteiger partial charge in [-0.25, -0.2) is 0 Å². The monoisotopic (exact) mass is 205 g/mol. The van der Waals surface area contributed by atoms with E-state index in [4.69, 9.17) is 10.5 Å². The molecule has 3 nitrogen and oxygen atoms in total. The van der Waals surface area contributed by atoms with Crippen LogP contribution in [0.2, 0.25) is 0 Å². The van der Waals surface area contributed by atoms with E-state index >= 15 is 0 Å². The number of hydrogen-bond donors (Lipinski definition) is 1. The van der Waals surface area contributed by atoms with Crippen LogP contribution in [0.25, 0.3) is 0 Å². The molecule has 0 bridgehead atoms. The number of rotatable bonds is 5. The van der Waals surface area contributed by atoms with Gasteiger partial charge >= 0.3 is 0 Å². The van der Waals surface area contributed by atoms with Gasteiger partial charge in [-0.1, -0.05) is 19.3 Å². The van der Waals surface area contributed by atoms with E-state index in [0.29, 0.717) is 18.9 Å². The molecule has 0 aromatic carbocycles. The average Bonchev–Trinajstić information content (AvgIpc) is 2.31. The highest BCUT2D eigenvalue weighted by molar-refractivity contribution is 4.88. The van der Waals surface area contributed by atoms with E-state index in [-0.39, 0.29) is 5.92 Å². The normalized spacial score (nSPS) is 19.1. The van der Waals surface area contributed by atoms with E-state index in [1.54, 1.807) is 0 Å². The van der Waals surface area contributed by atoms with Gasteiger partial charge in [0, 0.05) is 19.0 Å². The molecule has 1 fully saturated rings. The predicted molar refractivity (Wildman–Crippen MR) is 58.8 cm³/mol. The molecule has 0 aliphatic heterocycles. The molecule has 0 aromatic rings. The van der Waals surface area contributed by atoms with Crippen LogP contribution in [0.15, 0.2) is 0 Å². The van der Waals surface area contributed by atoms with Crippen LogP contribution in [0.3, 0.4) is 0 Å². The summed E-state index contributed by atoms with van der Waals surface area (Å²) >= 11 is 0. The van der Waals surface area contributed by atoms with Gasteiger partial charge in [0.1, 0.15) is 0 Å². The Morgan fingerprint density at radius 1 is 1.20 bits per heavy atom. The number of nitrogens with one attached hydrogen (secondary N) is 1. The molecule has 1 aliphatic carbocycles. The Morgan fingerprint density at radius 3 is 2.53 bits per heavy atom. The average molecular weight is 205 g/mol. The van der Waals surface area contributed by atoms with Crippen LogP contribution in [0, 0.1) is 28.6 Å². The minimum atomic E-state index is 0.00609. The summed E-state index contributed by atoms with van der Waals surface area (Å²) in [6.07, 6.45) is 7.67. The Kier molecular flexibility index (Phi) is 5.81. The first kappa shape index (κ1) is 12.0. The van der Waals surface area contributed by atoms with E-state index < -0.39 is 0 Å². The maximum absolute atomic E-state index is 8.88. The largest absolute Gasteiger partial charge is 0.313 e. The van der Waals surface area contributed by atoms with Gasteiger partial charge < -0.3 is 5.32 Å². The highest BCUT2D eigenvalue weighted by Gasteiger charge is 2.14. The van der Waals surface area contributed by atoms with Crippen LogP contribution in [0.1, 0.15) is 44.9 Å². The summed E-state index contributed by atoms with van der Waals surface area (Å²) in [5, 5.41) is 20.8. The van der Waals surface area contributed by atoms with Gasteiger partial charge in [0.2, 0.25) is 0 Å². The van der Waals surface area contributed by atoms with Gasteiger partial charge in [-0.3, -0.25) is 0 Å². The van der Waals surface area contributed by atoms with Gasteiger partial charge in [0.25, 0.3) is 0 Å². The van der Waals surface area contributed by atoms with Crippen LogP contribution >= 0.6 is 0 Å². The first-order chi connectivity index (χ1) is 7.36. The Morgan fingerprint density at radius 2 is 1.93 bits per heavy atom. The summed E-state index contributed by atoms with van der Waals surface area (Å²) in [6.45, 7) is 0.753. The van der Waals surface area contributed by atoms with Crippen LogP contribution in [0.5, 0.6) is 0 Å². The minimum Gasteiger partial charge on any atom is -0.313 e. The van der Waals surface area contributed by atoms with Crippen molar-refractivity contribution in [3.8, 4) is 12.1 Å². The minimum absolute atomic E-state index is 0.00609. The van der Waals surface area contributed by atoms with Crippen molar-refractivity contribution in [2.24, 2.45) is 5.92 Å². The molecule has 0 heterocycles. The van der Waals surface area contributed by atoms with E-state index in [0.717, 1.165) is 6.54 Å². The summed E-state index contributed by atoms with van der Waals surface area (Å²) < 4.78 is 0. The van der Waals surface area contributed by atoms with Gasteiger partial charge in [0.15, 0.2) is 0 Å². The van der Waals surface area contributed by atoms with Crippen LogP contribution in [-0.2, 0) is 0 Å². The van der Waals surface area contributed by atoms with Gasteiger partial charge in [-0.2, -0.15) is 10.5 Å². The zero-order valence-corrected chi connectivity index (χ0v) is 9.21. The molecule has 1 N–H and O–H groups in total. The van der Waals surface area contributed by atoms with Gasteiger partial charge in [0.05, 0.1) is 18.1 Å². The fraction of sp³-hybridized carbons (Fsp3) is 0.833. The Balaban J connectivity index is 2.16.